The number of aliphatic hydroxyl groups excluding tert-OH is 1. The Kier molecular flexibility index (Phi) is 6.32. The van der Waals surface area contributed by atoms with Gasteiger partial charge in [0, 0.05) is 6.42 Å². The Morgan fingerprint density at radius 2 is 1.52 bits per heavy atom. The number of ether oxygens (including phenoxy) is 2. The molecule has 148 valence electrons. The van der Waals surface area contributed by atoms with Crippen molar-refractivity contribution in [2.45, 2.75) is 95.1 Å². The van der Waals surface area contributed by atoms with E-state index in [0.717, 1.165) is 47.0 Å². The van der Waals surface area contributed by atoms with Crippen LogP contribution in [0.3, 0.4) is 0 Å². The monoisotopic (exact) mass is 364 g/mol. The van der Waals surface area contributed by atoms with Crippen LogP contribution in [-0.2, 0) is 14.3 Å². The lowest BCUT2D eigenvalue weighted by Crippen LogP contribution is -2.85. The highest BCUT2D eigenvalue weighted by Gasteiger charge is 2.77. The molecule has 5 N–H and O–H groups in total. The van der Waals surface area contributed by atoms with E-state index < -0.39 is 41.0 Å². The fourth-order valence-corrected chi connectivity index (χ4v) is 3.16. The zero-order chi connectivity index (χ0) is 19.7. The topological polar surface area (TPSA) is 137 Å². The Labute approximate surface area is 148 Å². The minimum absolute atomic E-state index is 0.0473. The zero-order valence-electron chi connectivity index (χ0n) is 15.7. The lowest BCUT2D eigenvalue weighted by Gasteiger charge is -2.63. The summed E-state index contributed by atoms with van der Waals surface area (Å²) in [6.07, 6.45) is 3.40. The van der Waals surface area contributed by atoms with Gasteiger partial charge in [-0.05, 0) is 34.1 Å². The molecule has 0 aromatic carbocycles. The molecule has 0 aromatic heterocycles. The standard InChI is InChI=1S/C17H32O8/c1-6-7-8-9-10-12(19)24-15(4)13(2,20)14(3,21)16(5,22)25-17(15,23)11-18/h18,20-23H,6-11H2,1-5H3/t13?,14?,15-,16-,17?/m0/s1. The SMILES string of the molecule is CCCCCCC(=O)O[C@]1(C)C(O)(CO)O[C@](C)(O)C(C)(O)C1(C)O. The van der Waals surface area contributed by atoms with Crippen molar-refractivity contribution in [1.29, 1.82) is 0 Å². The van der Waals surface area contributed by atoms with E-state index in [4.69, 9.17) is 9.47 Å². The van der Waals surface area contributed by atoms with Crippen molar-refractivity contribution in [2.75, 3.05) is 6.61 Å². The molecule has 8 nitrogen and oxygen atoms in total. The van der Waals surface area contributed by atoms with Crippen molar-refractivity contribution in [2.24, 2.45) is 0 Å². The molecule has 8 heteroatoms. The van der Waals surface area contributed by atoms with Crippen LogP contribution in [-0.4, -0.2) is 66.5 Å². The molecular formula is C17H32O8. The molecule has 0 radical (unpaired) electrons. The first-order valence-electron chi connectivity index (χ1n) is 8.65. The second-order valence-electron chi connectivity index (χ2n) is 7.49. The van der Waals surface area contributed by atoms with Crippen LogP contribution in [0.5, 0.6) is 0 Å². The highest BCUT2D eigenvalue weighted by atomic mass is 16.8. The average Bonchev–Trinajstić information content (AvgIpc) is 2.49. The van der Waals surface area contributed by atoms with Crippen LogP contribution in [0.2, 0.25) is 0 Å². The average molecular weight is 364 g/mol. The number of hydrogen-bond acceptors (Lipinski definition) is 8. The summed E-state index contributed by atoms with van der Waals surface area (Å²) in [5.41, 5.74) is -6.90. The molecule has 1 rings (SSSR count). The first-order chi connectivity index (χ1) is 11.2. The van der Waals surface area contributed by atoms with Gasteiger partial charge in [0.05, 0.1) is 0 Å². The Balaban J connectivity index is 3.16. The number of carbonyl (C=O) groups excluding carboxylic acids is 1. The molecular weight excluding hydrogens is 332 g/mol. The number of hydrogen-bond donors (Lipinski definition) is 5. The van der Waals surface area contributed by atoms with Crippen molar-refractivity contribution in [1.82, 2.24) is 0 Å². The van der Waals surface area contributed by atoms with Crippen LogP contribution >= 0.6 is 0 Å². The summed E-state index contributed by atoms with van der Waals surface area (Å²) in [5, 5.41) is 52.2. The van der Waals surface area contributed by atoms with Crippen LogP contribution in [0.15, 0.2) is 0 Å². The van der Waals surface area contributed by atoms with E-state index in [1.165, 1.54) is 0 Å². The highest BCUT2D eigenvalue weighted by Crippen LogP contribution is 2.53. The number of aliphatic hydroxyl groups is 5. The molecule has 1 aliphatic heterocycles. The summed E-state index contributed by atoms with van der Waals surface area (Å²) in [4.78, 5) is 12.2. The normalized spacial score (nSPS) is 44.6. The fourth-order valence-electron chi connectivity index (χ4n) is 3.16. The maximum atomic E-state index is 12.2. The van der Waals surface area contributed by atoms with Gasteiger partial charge >= 0.3 is 5.97 Å². The summed E-state index contributed by atoms with van der Waals surface area (Å²) in [7, 11) is 0. The van der Waals surface area contributed by atoms with E-state index in [1.807, 2.05) is 6.92 Å². The summed E-state index contributed by atoms with van der Waals surface area (Å²) in [6, 6.07) is 0. The van der Waals surface area contributed by atoms with Crippen LogP contribution in [0.4, 0.5) is 0 Å². The molecule has 0 aliphatic carbocycles. The van der Waals surface area contributed by atoms with Crippen molar-refractivity contribution in [3.63, 3.8) is 0 Å². The molecule has 1 fully saturated rings. The second-order valence-corrected chi connectivity index (χ2v) is 7.49. The minimum Gasteiger partial charge on any atom is -0.450 e. The summed E-state index contributed by atoms with van der Waals surface area (Å²) in [5.74, 6) is -5.76. The Morgan fingerprint density at radius 3 is 2.00 bits per heavy atom. The van der Waals surface area contributed by atoms with Crippen LogP contribution in [0, 0.1) is 0 Å². The number of unbranched alkanes of at least 4 members (excludes halogenated alkanes) is 3. The van der Waals surface area contributed by atoms with Crippen molar-refractivity contribution in [3.8, 4) is 0 Å². The van der Waals surface area contributed by atoms with Crippen LogP contribution in [0.25, 0.3) is 0 Å². The third kappa shape index (κ3) is 3.43. The van der Waals surface area contributed by atoms with Gasteiger partial charge in [0.25, 0.3) is 0 Å². The minimum atomic E-state index is -2.62. The zero-order valence-corrected chi connectivity index (χ0v) is 15.7. The van der Waals surface area contributed by atoms with E-state index >= 15 is 0 Å². The lowest BCUT2D eigenvalue weighted by atomic mass is 9.64. The quantitative estimate of drug-likeness (QED) is 0.319. The Bertz CT molecular complexity index is 487. The molecule has 1 heterocycles. The van der Waals surface area contributed by atoms with Gasteiger partial charge in [0.15, 0.2) is 11.4 Å². The smallest absolute Gasteiger partial charge is 0.306 e. The lowest BCUT2D eigenvalue weighted by molar-refractivity contribution is -0.493. The van der Waals surface area contributed by atoms with E-state index in [1.54, 1.807) is 0 Å². The number of esters is 1. The summed E-state index contributed by atoms with van der Waals surface area (Å²) in [6.45, 7) is 5.34. The Morgan fingerprint density at radius 1 is 0.960 bits per heavy atom. The van der Waals surface area contributed by atoms with E-state index in [2.05, 4.69) is 0 Å². The third-order valence-corrected chi connectivity index (χ3v) is 5.66. The number of carbonyl (C=O) groups is 1. The van der Waals surface area contributed by atoms with E-state index in [9.17, 15) is 30.3 Å². The second kappa shape index (κ2) is 7.09. The Hall–Kier alpha value is -0.770. The summed E-state index contributed by atoms with van der Waals surface area (Å²) >= 11 is 0. The molecule has 25 heavy (non-hydrogen) atoms. The molecule has 3 unspecified atom stereocenters. The predicted molar refractivity (Wildman–Crippen MR) is 88.2 cm³/mol. The molecule has 1 saturated heterocycles. The molecule has 0 amide bonds. The van der Waals surface area contributed by atoms with Gasteiger partial charge in [-0.2, -0.15) is 0 Å². The first kappa shape index (κ1) is 22.3. The van der Waals surface area contributed by atoms with E-state index in [-0.39, 0.29) is 6.42 Å². The fraction of sp³-hybridized carbons (Fsp3) is 0.941. The predicted octanol–water partition coefficient (Wildman–Crippen LogP) is 0.180. The summed E-state index contributed by atoms with van der Waals surface area (Å²) < 4.78 is 10.4. The van der Waals surface area contributed by atoms with Gasteiger partial charge in [-0.15, -0.1) is 0 Å². The van der Waals surface area contributed by atoms with Crippen LogP contribution < -0.4 is 0 Å². The number of rotatable bonds is 7. The van der Waals surface area contributed by atoms with Crippen molar-refractivity contribution < 1.29 is 39.8 Å². The largest absolute Gasteiger partial charge is 0.450 e. The van der Waals surface area contributed by atoms with Gasteiger partial charge in [0.1, 0.15) is 17.8 Å². The van der Waals surface area contributed by atoms with Gasteiger partial charge in [-0.1, -0.05) is 26.2 Å². The molecule has 0 aromatic rings. The van der Waals surface area contributed by atoms with Crippen molar-refractivity contribution >= 4 is 5.97 Å². The molecule has 0 saturated carbocycles. The van der Waals surface area contributed by atoms with Gasteiger partial charge in [-0.25, -0.2) is 0 Å². The molecule has 1 aliphatic rings. The molecule has 0 bridgehead atoms. The van der Waals surface area contributed by atoms with E-state index in [0.29, 0.717) is 6.42 Å². The third-order valence-electron chi connectivity index (χ3n) is 5.66. The highest BCUT2D eigenvalue weighted by molar-refractivity contribution is 5.70. The maximum Gasteiger partial charge on any atom is 0.306 e. The maximum absolute atomic E-state index is 12.2. The van der Waals surface area contributed by atoms with Gasteiger partial charge in [0.2, 0.25) is 5.79 Å². The van der Waals surface area contributed by atoms with Crippen LogP contribution in [0.1, 0.15) is 66.7 Å². The van der Waals surface area contributed by atoms with Gasteiger partial charge < -0.3 is 35.0 Å². The molecule has 0 spiro atoms. The van der Waals surface area contributed by atoms with Gasteiger partial charge in [-0.3, -0.25) is 4.79 Å². The first-order valence-corrected chi connectivity index (χ1v) is 8.65. The molecule has 5 atom stereocenters. The van der Waals surface area contributed by atoms with Crippen molar-refractivity contribution in [3.05, 3.63) is 0 Å².